The van der Waals surface area contributed by atoms with E-state index in [0.29, 0.717) is 33.2 Å². The zero-order valence-electron chi connectivity index (χ0n) is 18.2. The van der Waals surface area contributed by atoms with Gasteiger partial charge in [0.05, 0.1) is 40.8 Å². The number of rotatable bonds is 3. The van der Waals surface area contributed by atoms with Gasteiger partial charge in [0.25, 0.3) is 5.91 Å². The molecular weight excluding hydrogens is 425 g/mol. The number of halogens is 1. The van der Waals surface area contributed by atoms with Crippen LogP contribution in [-0.4, -0.2) is 43.6 Å². The fourth-order valence-corrected chi connectivity index (χ4v) is 3.68. The van der Waals surface area contributed by atoms with Crippen molar-refractivity contribution in [1.82, 2.24) is 24.8 Å². The lowest BCUT2D eigenvalue weighted by Gasteiger charge is -2.31. The van der Waals surface area contributed by atoms with Crippen LogP contribution >= 0.6 is 0 Å². The van der Waals surface area contributed by atoms with Gasteiger partial charge < -0.3 is 5.73 Å². The molecule has 9 nitrogen and oxygen atoms in total. The maximum atomic E-state index is 13.6. The minimum atomic E-state index is -0.561. The lowest BCUT2D eigenvalue weighted by Crippen LogP contribution is -2.46. The van der Waals surface area contributed by atoms with Crippen LogP contribution in [0, 0.1) is 17.1 Å². The number of carbonyl (C=O) groups is 2. The molecule has 0 radical (unpaired) electrons. The summed E-state index contributed by atoms with van der Waals surface area (Å²) in [7, 11) is 3.22. The van der Waals surface area contributed by atoms with Crippen molar-refractivity contribution in [2.24, 2.45) is 7.05 Å². The molecule has 0 aliphatic carbocycles. The first-order valence-corrected chi connectivity index (χ1v) is 9.96. The summed E-state index contributed by atoms with van der Waals surface area (Å²) < 4.78 is 15.2. The molecule has 2 aromatic carbocycles. The summed E-state index contributed by atoms with van der Waals surface area (Å²) in [5, 5.41) is 17.3. The zero-order valence-corrected chi connectivity index (χ0v) is 18.2. The number of pyridine rings is 1. The number of aryl methyl sites for hydroxylation is 1. The van der Waals surface area contributed by atoms with E-state index in [1.165, 1.54) is 31.1 Å². The summed E-state index contributed by atoms with van der Waals surface area (Å²) in [6.45, 7) is 1.22. The third kappa shape index (κ3) is 3.80. The number of anilines is 1. The second kappa shape index (κ2) is 8.20. The molecule has 0 fully saturated rings. The third-order valence-electron chi connectivity index (χ3n) is 5.52. The summed E-state index contributed by atoms with van der Waals surface area (Å²) in [6, 6.07) is 10.6. The van der Waals surface area contributed by atoms with Crippen LogP contribution < -0.4 is 5.73 Å². The molecular formula is C23H20FN7O2. The van der Waals surface area contributed by atoms with Crippen LogP contribution in [0.25, 0.3) is 21.8 Å². The molecule has 4 rings (SSSR count). The van der Waals surface area contributed by atoms with Gasteiger partial charge in [-0.15, -0.1) is 0 Å². The highest BCUT2D eigenvalue weighted by Crippen LogP contribution is 2.28. The van der Waals surface area contributed by atoms with Gasteiger partial charge in [-0.25, -0.2) is 14.4 Å². The Bertz CT molecular complexity index is 1470. The van der Waals surface area contributed by atoms with Crippen molar-refractivity contribution < 1.29 is 14.0 Å². The molecule has 0 saturated heterocycles. The molecule has 2 amide bonds. The van der Waals surface area contributed by atoms with E-state index in [4.69, 9.17) is 5.73 Å². The van der Waals surface area contributed by atoms with Gasteiger partial charge in [0.1, 0.15) is 11.6 Å². The number of carbonyl (C=O) groups excluding carboxylic acids is 2. The number of hydrogen-bond acceptors (Lipinski definition) is 6. The number of nitrogen functional groups attached to an aromatic ring is 1. The van der Waals surface area contributed by atoms with Crippen molar-refractivity contribution in [3.8, 4) is 6.07 Å². The largest absolute Gasteiger partial charge is 0.383 e. The molecule has 0 spiro atoms. The molecule has 4 aromatic rings. The van der Waals surface area contributed by atoms with E-state index >= 15 is 0 Å². The van der Waals surface area contributed by atoms with Crippen LogP contribution in [0.15, 0.2) is 42.6 Å². The number of nitrogens with zero attached hydrogens (tertiary/aromatic N) is 6. The number of nitriles is 1. The van der Waals surface area contributed by atoms with Gasteiger partial charge in [0, 0.05) is 32.0 Å². The van der Waals surface area contributed by atoms with E-state index in [1.54, 1.807) is 36.1 Å². The SMILES string of the molecule is CC(=O)N(C)N(Cc1ccc(F)cc1C#N)C(=O)c1ccc2nc(N)c3cnn(C)c3c2c1. The number of benzene rings is 2. The van der Waals surface area contributed by atoms with Gasteiger partial charge in [-0.2, -0.15) is 10.4 Å². The number of amides is 2. The predicted molar refractivity (Wildman–Crippen MR) is 120 cm³/mol. The fraction of sp³-hybridized carbons (Fsp3) is 0.174. The van der Waals surface area contributed by atoms with Crippen LogP contribution in [0.2, 0.25) is 0 Å². The Hall–Kier alpha value is -4.52. The molecule has 0 bridgehead atoms. The van der Waals surface area contributed by atoms with E-state index in [9.17, 15) is 19.2 Å². The maximum absolute atomic E-state index is 13.6. The molecule has 2 aromatic heterocycles. The monoisotopic (exact) mass is 445 g/mol. The third-order valence-corrected chi connectivity index (χ3v) is 5.52. The average molecular weight is 445 g/mol. The van der Waals surface area contributed by atoms with Gasteiger partial charge in [0.2, 0.25) is 5.91 Å². The van der Waals surface area contributed by atoms with Crippen LogP contribution in [-0.2, 0) is 18.4 Å². The summed E-state index contributed by atoms with van der Waals surface area (Å²) in [5.41, 5.74) is 8.15. The van der Waals surface area contributed by atoms with Crippen molar-refractivity contribution in [3.63, 3.8) is 0 Å². The Balaban J connectivity index is 1.82. The van der Waals surface area contributed by atoms with Gasteiger partial charge in [-0.1, -0.05) is 6.07 Å². The predicted octanol–water partition coefficient (Wildman–Crippen LogP) is 2.75. The van der Waals surface area contributed by atoms with E-state index in [-0.39, 0.29) is 18.0 Å². The standard InChI is InChI=1S/C23H20FN7O2/c1-13(32)30(3)31(12-15-4-6-17(24)8-16(15)10-25)23(33)14-5-7-20-18(9-14)21-19(22(26)28-20)11-27-29(21)2/h4-9,11H,12H2,1-3H3,(H2,26,28). The molecule has 166 valence electrons. The summed E-state index contributed by atoms with van der Waals surface area (Å²) in [4.78, 5) is 30.1. The van der Waals surface area contributed by atoms with Crippen LogP contribution in [0.3, 0.4) is 0 Å². The normalized spacial score (nSPS) is 10.9. The first-order valence-electron chi connectivity index (χ1n) is 9.96. The summed E-state index contributed by atoms with van der Waals surface area (Å²) >= 11 is 0. The second-order valence-electron chi connectivity index (χ2n) is 7.58. The molecule has 0 unspecified atom stereocenters. The minimum absolute atomic E-state index is 0.0829. The Morgan fingerprint density at radius 2 is 1.97 bits per heavy atom. The van der Waals surface area contributed by atoms with Crippen molar-refractivity contribution in [3.05, 3.63) is 65.1 Å². The lowest BCUT2D eigenvalue weighted by molar-refractivity contribution is -0.140. The zero-order chi connectivity index (χ0) is 23.9. The fourth-order valence-electron chi connectivity index (χ4n) is 3.68. The molecule has 2 heterocycles. The van der Waals surface area contributed by atoms with E-state index in [0.717, 1.165) is 16.6 Å². The molecule has 0 aliphatic heterocycles. The summed E-state index contributed by atoms with van der Waals surface area (Å²) in [6.07, 6.45) is 1.61. The molecule has 33 heavy (non-hydrogen) atoms. The van der Waals surface area contributed by atoms with Crippen molar-refractivity contribution in [1.29, 1.82) is 5.26 Å². The van der Waals surface area contributed by atoms with Crippen LogP contribution in [0.1, 0.15) is 28.4 Å². The number of fused-ring (bicyclic) bond motifs is 3. The topological polar surface area (TPSA) is 121 Å². The molecule has 10 heteroatoms. The Labute approximate surface area is 188 Å². The molecule has 0 atom stereocenters. The van der Waals surface area contributed by atoms with Crippen molar-refractivity contribution in [2.45, 2.75) is 13.5 Å². The van der Waals surface area contributed by atoms with E-state index in [2.05, 4.69) is 10.1 Å². The number of hydrazine groups is 1. The van der Waals surface area contributed by atoms with Crippen LogP contribution in [0.5, 0.6) is 0 Å². The number of nitrogens with two attached hydrogens (primary N) is 1. The Morgan fingerprint density at radius 3 is 2.67 bits per heavy atom. The highest BCUT2D eigenvalue weighted by molar-refractivity contribution is 6.10. The lowest BCUT2D eigenvalue weighted by atomic mass is 10.1. The number of aromatic nitrogens is 3. The van der Waals surface area contributed by atoms with E-state index < -0.39 is 11.7 Å². The highest BCUT2D eigenvalue weighted by Gasteiger charge is 2.24. The average Bonchev–Trinajstić information content (AvgIpc) is 3.19. The quantitative estimate of drug-likeness (QED) is 0.484. The second-order valence-corrected chi connectivity index (χ2v) is 7.58. The molecule has 0 aliphatic rings. The van der Waals surface area contributed by atoms with Gasteiger partial charge >= 0.3 is 0 Å². The van der Waals surface area contributed by atoms with Gasteiger partial charge in [-0.3, -0.25) is 19.3 Å². The van der Waals surface area contributed by atoms with Gasteiger partial charge in [-0.05, 0) is 35.9 Å². The Morgan fingerprint density at radius 1 is 1.21 bits per heavy atom. The molecule has 0 saturated carbocycles. The van der Waals surface area contributed by atoms with Crippen molar-refractivity contribution >= 4 is 39.4 Å². The number of hydrogen-bond donors (Lipinski definition) is 1. The first-order chi connectivity index (χ1) is 15.7. The molecule has 2 N–H and O–H groups in total. The maximum Gasteiger partial charge on any atom is 0.272 e. The smallest absolute Gasteiger partial charge is 0.272 e. The van der Waals surface area contributed by atoms with Gasteiger partial charge in [0.15, 0.2) is 0 Å². The van der Waals surface area contributed by atoms with Crippen LogP contribution in [0.4, 0.5) is 10.2 Å². The van der Waals surface area contributed by atoms with E-state index in [1.807, 2.05) is 6.07 Å². The Kier molecular flexibility index (Phi) is 5.39. The minimum Gasteiger partial charge on any atom is -0.383 e. The summed E-state index contributed by atoms with van der Waals surface area (Å²) in [5.74, 6) is -1.08. The highest BCUT2D eigenvalue weighted by atomic mass is 19.1. The first kappa shape index (κ1) is 21.7. The van der Waals surface area contributed by atoms with Crippen molar-refractivity contribution in [2.75, 3.05) is 12.8 Å².